The molecule has 1 fully saturated rings. The van der Waals surface area contributed by atoms with Gasteiger partial charge in [0, 0.05) is 18.8 Å². The molecule has 0 amide bonds. The van der Waals surface area contributed by atoms with Gasteiger partial charge in [0.2, 0.25) is 0 Å². The summed E-state index contributed by atoms with van der Waals surface area (Å²) in [6, 6.07) is 19.4. The average Bonchev–Trinajstić information content (AvgIpc) is 2.55. The lowest BCUT2D eigenvalue weighted by molar-refractivity contribution is 0.0769. The number of morpholine rings is 1. The Balaban J connectivity index is 0.00000161. The van der Waals surface area contributed by atoms with Gasteiger partial charge in [-0.25, -0.2) is 0 Å². The summed E-state index contributed by atoms with van der Waals surface area (Å²) in [5.74, 6) is 0. The predicted octanol–water partition coefficient (Wildman–Crippen LogP) is 3.38. The zero-order valence-corrected chi connectivity index (χ0v) is 12.7. The third-order valence-corrected chi connectivity index (χ3v) is 3.57. The van der Waals surface area contributed by atoms with E-state index in [4.69, 9.17) is 4.74 Å². The molecule has 0 aliphatic carbocycles. The molecule has 0 radical (unpaired) electrons. The van der Waals surface area contributed by atoms with E-state index in [0.717, 1.165) is 32.0 Å². The molecule has 0 spiro atoms. The molecule has 0 bridgehead atoms. The second-order valence-corrected chi connectivity index (χ2v) is 5.04. The number of hydrogen-bond acceptors (Lipinski definition) is 3. The minimum atomic E-state index is 0. The van der Waals surface area contributed by atoms with Crippen molar-refractivity contribution in [2.75, 3.05) is 25.1 Å². The Morgan fingerprint density at radius 3 is 2.48 bits per heavy atom. The molecule has 0 unspecified atom stereocenters. The second kappa shape index (κ2) is 8.03. The lowest BCUT2D eigenvalue weighted by atomic mass is 10.1. The van der Waals surface area contributed by atoms with E-state index in [1.807, 2.05) is 6.07 Å². The van der Waals surface area contributed by atoms with Crippen molar-refractivity contribution in [2.24, 2.45) is 0 Å². The molecule has 2 aromatic rings. The van der Waals surface area contributed by atoms with Gasteiger partial charge in [-0.1, -0.05) is 42.5 Å². The number of nitrogens with one attached hydrogen (secondary N) is 2. The molecule has 1 aliphatic heterocycles. The Morgan fingerprint density at radius 1 is 1.05 bits per heavy atom. The van der Waals surface area contributed by atoms with Gasteiger partial charge in [0.15, 0.2) is 0 Å². The third kappa shape index (κ3) is 4.46. The summed E-state index contributed by atoms with van der Waals surface area (Å²) >= 11 is 0. The SMILES string of the molecule is Cl.c1ccc(CNc2ccc([C@H]3COCCN3)cc2)cc1. The minimum absolute atomic E-state index is 0. The number of ether oxygens (including phenoxy) is 1. The Labute approximate surface area is 132 Å². The van der Waals surface area contributed by atoms with Crippen LogP contribution in [0.1, 0.15) is 17.2 Å². The van der Waals surface area contributed by atoms with E-state index in [1.165, 1.54) is 11.1 Å². The number of benzene rings is 2. The first kappa shape index (κ1) is 15.8. The molecule has 3 nitrogen and oxygen atoms in total. The Hall–Kier alpha value is -1.55. The maximum absolute atomic E-state index is 5.49. The second-order valence-electron chi connectivity index (χ2n) is 5.04. The molecule has 112 valence electrons. The van der Waals surface area contributed by atoms with Gasteiger partial charge in [0.25, 0.3) is 0 Å². The van der Waals surface area contributed by atoms with Crippen LogP contribution in [0.2, 0.25) is 0 Å². The van der Waals surface area contributed by atoms with Gasteiger partial charge in [-0.05, 0) is 23.3 Å². The van der Waals surface area contributed by atoms with Crippen molar-refractivity contribution in [3.8, 4) is 0 Å². The van der Waals surface area contributed by atoms with Gasteiger partial charge < -0.3 is 15.4 Å². The summed E-state index contributed by atoms with van der Waals surface area (Å²) in [6.45, 7) is 3.35. The molecule has 0 aromatic heterocycles. The summed E-state index contributed by atoms with van der Waals surface area (Å²) in [6.07, 6.45) is 0. The summed E-state index contributed by atoms with van der Waals surface area (Å²) in [4.78, 5) is 0. The van der Waals surface area contributed by atoms with Gasteiger partial charge in [0.05, 0.1) is 19.3 Å². The molecule has 1 heterocycles. The van der Waals surface area contributed by atoms with Gasteiger partial charge in [0.1, 0.15) is 0 Å². The number of hydrogen-bond donors (Lipinski definition) is 2. The van der Waals surface area contributed by atoms with Crippen LogP contribution in [0.5, 0.6) is 0 Å². The fourth-order valence-corrected chi connectivity index (χ4v) is 2.41. The quantitative estimate of drug-likeness (QED) is 0.908. The fourth-order valence-electron chi connectivity index (χ4n) is 2.41. The van der Waals surface area contributed by atoms with Crippen LogP contribution in [0.15, 0.2) is 54.6 Å². The largest absolute Gasteiger partial charge is 0.381 e. The van der Waals surface area contributed by atoms with Crippen LogP contribution in [0, 0.1) is 0 Å². The molecule has 1 atom stereocenters. The molecule has 1 saturated heterocycles. The van der Waals surface area contributed by atoms with E-state index in [0.29, 0.717) is 6.04 Å². The first-order valence-corrected chi connectivity index (χ1v) is 7.11. The van der Waals surface area contributed by atoms with Crippen molar-refractivity contribution in [1.29, 1.82) is 0 Å². The Morgan fingerprint density at radius 2 is 1.81 bits per heavy atom. The lowest BCUT2D eigenvalue weighted by Crippen LogP contribution is -2.34. The first-order valence-electron chi connectivity index (χ1n) is 7.11. The summed E-state index contributed by atoms with van der Waals surface area (Å²) < 4.78 is 5.49. The van der Waals surface area contributed by atoms with Crippen molar-refractivity contribution >= 4 is 18.1 Å². The molecule has 1 aliphatic rings. The van der Waals surface area contributed by atoms with E-state index in [-0.39, 0.29) is 12.4 Å². The van der Waals surface area contributed by atoms with Crippen molar-refractivity contribution in [2.45, 2.75) is 12.6 Å². The third-order valence-electron chi connectivity index (χ3n) is 3.57. The van der Waals surface area contributed by atoms with Gasteiger partial charge in [-0.2, -0.15) is 0 Å². The molecule has 2 aromatic carbocycles. The van der Waals surface area contributed by atoms with E-state index in [1.54, 1.807) is 0 Å². The summed E-state index contributed by atoms with van der Waals surface area (Å²) in [5, 5.41) is 6.91. The van der Waals surface area contributed by atoms with E-state index in [9.17, 15) is 0 Å². The van der Waals surface area contributed by atoms with Gasteiger partial charge in [-0.3, -0.25) is 0 Å². The Bertz CT molecular complexity index is 524. The highest BCUT2D eigenvalue weighted by Crippen LogP contribution is 2.18. The smallest absolute Gasteiger partial charge is 0.0662 e. The van der Waals surface area contributed by atoms with Crippen molar-refractivity contribution in [1.82, 2.24) is 5.32 Å². The van der Waals surface area contributed by atoms with Crippen molar-refractivity contribution < 1.29 is 4.74 Å². The highest BCUT2D eigenvalue weighted by Gasteiger charge is 2.14. The van der Waals surface area contributed by atoms with E-state index < -0.39 is 0 Å². The highest BCUT2D eigenvalue weighted by molar-refractivity contribution is 5.85. The number of halogens is 1. The van der Waals surface area contributed by atoms with E-state index in [2.05, 4.69) is 59.2 Å². The predicted molar refractivity (Wildman–Crippen MR) is 89.0 cm³/mol. The van der Waals surface area contributed by atoms with E-state index >= 15 is 0 Å². The van der Waals surface area contributed by atoms with Crippen LogP contribution in [-0.2, 0) is 11.3 Å². The molecular formula is C17H21ClN2O. The van der Waals surface area contributed by atoms with Crippen molar-refractivity contribution in [3.63, 3.8) is 0 Å². The topological polar surface area (TPSA) is 33.3 Å². The summed E-state index contributed by atoms with van der Waals surface area (Å²) in [7, 11) is 0. The minimum Gasteiger partial charge on any atom is -0.381 e. The normalized spacial score (nSPS) is 17.8. The molecule has 21 heavy (non-hydrogen) atoms. The van der Waals surface area contributed by atoms with Crippen LogP contribution in [0.4, 0.5) is 5.69 Å². The van der Waals surface area contributed by atoms with Crippen molar-refractivity contribution in [3.05, 3.63) is 65.7 Å². The summed E-state index contributed by atoms with van der Waals surface area (Å²) in [5.41, 5.74) is 3.73. The molecule has 3 rings (SSSR count). The zero-order valence-electron chi connectivity index (χ0n) is 11.9. The maximum atomic E-state index is 5.49. The lowest BCUT2D eigenvalue weighted by Gasteiger charge is -2.24. The highest BCUT2D eigenvalue weighted by atomic mass is 35.5. The Kier molecular flexibility index (Phi) is 6.05. The van der Waals surface area contributed by atoms with Crippen LogP contribution in [-0.4, -0.2) is 19.8 Å². The maximum Gasteiger partial charge on any atom is 0.0662 e. The van der Waals surface area contributed by atoms with Crippen LogP contribution >= 0.6 is 12.4 Å². The number of rotatable bonds is 4. The molecular weight excluding hydrogens is 284 g/mol. The standard InChI is InChI=1S/C17H20N2O.ClH/c1-2-4-14(5-3-1)12-19-16-8-6-15(7-9-16)17-13-20-11-10-18-17;/h1-9,17-19H,10-13H2;1H/t17-;/m1./s1. The van der Waals surface area contributed by atoms with Crippen LogP contribution in [0.3, 0.4) is 0 Å². The number of anilines is 1. The monoisotopic (exact) mass is 304 g/mol. The molecule has 4 heteroatoms. The van der Waals surface area contributed by atoms with Gasteiger partial charge in [-0.15, -0.1) is 12.4 Å². The average molecular weight is 305 g/mol. The molecule has 0 saturated carbocycles. The zero-order chi connectivity index (χ0) is 13.6. The first-order chi connectivity index (χ1) is 9.92. The fraction of sp³-hybridized carbons (Fsp3) is 0.294. The van der Waals surface area contributed by atoms with Crippen LogP contribution < -0.4 is 10.6 Å². The van der Waals surface area contributed by atoms with Crippen LogP contribution in [0.25, 0.3) is 0 Å². The van der Waals surface area contributed by atoms with Gasteiger partial charge >= 0.3 is 0 Å². The molecule has 2 N–H and O–H groups in total.